The summed E-state index contributed by atoms with van der Waals surface area (Å²) < 4.78 is 36.6. The minimum Gasteiger partial charge on any atom is -0.328 e. The Morgan fingerprint density at radius 3 is 2.50 bits per heavy atom. The number of aromatic nitrogens is 2. The second-order valence-corrected chi connectivity index (χ2v) is 3.33. The fourth-order valence-electron chi connectivity index (χ4n) is 1.17. The molecule has 1 rings (SSSR count). The zero-order chi connectivity index (χ0) is 10.9. The highest BCUT2D eigenvalue weighted by atomic mass is 19.4. The highest BCUT2D eigenvalue weighted by Gasteiger charge is 2.32. The van der Waals surface area contributed by atoms with Crippen LogP contribution < -0.4 is 5.73 Å². The van der Waals surface area contributed by atoms with Gasteiger partial charge in [-0.15, -0.1) is 13.2 Å². The number of hydrogen-bond donors (Lipinski definition) is 1. The van der Waals surface area contributed by atoms with Gasteiger partial charge in [0.2, 0.25) is 0 Å². The van der Waals surface area contributed by atoms with E-state index in [0.29, 0.717) is 17.7 Å². The first-order valence-corrected chi connectivity index (χ1v) is 4.18. The fourth-order valence-corrected chi connectivity index (χ4v) is 1.17. The molecule has 0 fully saturated rings. The Bertz CT molecular complexity index is 314. The normalized spacial score (nSPS) is 14.4. The Labute approximate surface area is 79.7 Å². The van der Waals surface area contributed by atoms with Crippen LogP contribution in [0.5, 0.6) is 0 Å². The van der Waals surface area contributed by atoms with E-state index in [1.54, 1.807) is 13.8 Å². The molecule has 0 aliphatic carbocycles. The summed E-state index contributed by atoms with van der Waals surface area (Å²) in [7, 11) is 0. The van der Waals surface area contributed by atoms with Gasteiger partial charge in [-0.3, -0.25) is 0 Å². The minimum atomic E-state index is -4.44. The predicted octanol–water partition coefficient (Wildman–Crippen LogP) is 1.56. The van der Waals surface area contributed by atoms with E-state index in [1.807, 2.05) is 0 Å². The summed E-state index contributed by atoms with van der Waals surface area (Å²) in [4.78, 5) is 0. The Balaban J connectivity index is 2.94. The first-order valence-electron chi connectivity index (χ1n) is 4.18. The molecule has 14 heavy (non-hydrogen) atoms. The van der Waals surface area contributed by atoms with Crippen LogP contribution in [0.15, 0.2) is 6.20 Å². The number of nitrogens with zero attached hydrogens (tertiary/aromatic N) is 2. The second kappa shape index (κ2) is 3.61. The molecule has 80 valence electrons. The fraction of sp³-hybridized carbons (Fsp3) is 0.625. The highest BCUT2D eigenvalue weighted by Crippen LogP contribution is 2.22. The first kappa shape index (κ1) is 11.0. The van der Waals surface area contributed by atoms with Crippen LogP contribution in [-0.4, -0.2) is 15.8 Å². The summed E-state index contributed by atoms with van der Waals surface area (Å²) in [6.45, 7) is 3.28. The summed E-state index contributed by atoms with van der Waals surface area (Å²) in [5, 5.41) is 3.37. The Kier molecular flexibility index (Phi) is 2.84. The van der Waals surface area contributed by atoms with Crippen LogP contribution in [-0.2, 0) is 12.7 Å². The molecule has 0 aliphatic rings. The van der Waals surface area contributed by atoms with E-state index in [-0.39, 0.29) is 10.7 Å². The summed E-state index contributed by atoms with van der Waals surface area (Å²) in [5.41, 5.74) is 6.41. The van der Waals surface area contributed by atoms with Gasteiger partial charge in [-0.25, -0.2) is 0 Å². The van der Waals surface area contributed by atoms with Crippen LogP contribution in [0.4, 0.5) is 13.2 Å². The van der Waals surface area contributed by atoms with Gasteiger partial charge in [0.15, 0.2) is 0 Å². The summed E-state index contributed by atoms with van der Waals surface area (Å²) in [5.74, 6) is 0. The van der Waals surface area contributed by atoms with Crippen LogP contribution in [0.3, 0.4) is 0 Å². The SMILES string of the molecule is Cc1nn(C(F)(F)F)cc1CC(C)N. The number of nitrogens with two attached hydrogens (primary N) is 1. The third-order valence-corrected chi connectivity index (χ3v) is 1.80. The maximum absolute atomic E-state index is 12.2. The van der Waals surface area contributed by atoms with Gasteiger partial charge in [-0.2, -0.15) is 9.78 Å². The van der Waals surface area contributed by atoms with E-state index in [2.05, 4.69) is 5.10 Å². The molecule has 0 aliphatic heterocycles. The Hall–Kier alpha value is -1.04. The van der Waals surface area contributed by atoms with Crippen molar-refractivity contribution in [2.24, 2.45) is 5.73 Å². The molecule has 0 saturated carbocycles. The lowest BCUT2D eigenvalue weighted by molar-refractivity contribution is -0.212. The molecule has 0 spiro atoms. The van der Waals surface area contributed by atoms with Gasteiger partial charge >= 0.3 is 6.30 Å². The van der Waals surface area contributed by atoms with E-state index in [1.165, 1.54) is 0 Å². The van der Waals surface area contributed by atoms with Gasteiger partial charge in [0.1, 0.15) is 0 Å². The molecule has 2 N–H and O–H groups in total. The van der Waals surface area contributed by atoms with Crippen molar-refractivity contribution in [3.8, 4) is 0 Å². The predicted molar refractivity (Wildman–Crippen MR) is 45.6 cm³/mol. The van der Waals surface area contributed by atoms with Crippen LogP contribution in [0.1, 0.15) is 18.2 Å². The molecule has 3 nitrogen and oxygen atoms in total. The molecule has 0 aromatic carbocycles. The highest BCUT2D eigenvalue weighted by molar-refractivity contribution is 5.16. The lowest BCUT2D eigenvalue weighted by atomic mass is 10.1. The van der Waals surface area contributed by atoms with Crippen molar-refractivity contribution in [1.29, 1.82) is 0 Å². The van der Waals surface area contributed by atoms with Gasteiger partial charge in [0.25, 0.3) is 0 Å². The monoisotopic (exact) mass is 207 g/mol. The average molecular weight is 207 g/mol. The lowest BCUT2D eigenvalue weighted by Gasteiger charge is -2.04. The van der Waals surface area contributed by atoms with Crippen LogP contribution in [0.25, 0.3) is 0 Å². The lowest BCUT2D eigenvalue weighted by Crippen LogP contribution is -2.18. The number of rotatable bonds is 2. The maximum atomic E-state index is 12.2. The number of hydrogen-bond acceptors (Lipinski definition) is 2. The first-order chi connectivity index (χ1) is 6.30. The van der Waals surface area contributed by atoms with E-state index in [9.17, 15) is 13.2 Å². The summed E-state index contributed by atoms with van der Waals surface area (Å²) in [6.07, 6.45) is -3.05. The van der Waals surface area contributed by atoms with Gasteiger partial charge in [0.05, 0.1) is 5.69 Å². The number of aryl methyl sites for hydroxylation is 1. The molecular weight excluding hydrogens is 195 g/mol. The molecule has 1 aromatic rings. The molecule has 1 aromatic heterocycles. The molecule has 0 amide bonds. The van der Waals surface area contributed by atoms with Crippen molar-refractivity contribution in [3.05, 3.63) is 17.5 Å². The standard InChI is InChI=1S/C8H12F3N3/c1-5(12)3-7-4-14(8(9,10)11)13-6(7)2/h4-5H,3,12H2,1-2H3. The molecular formula is C8H12F3N3. The number of halogens is 3. The minimum absolute atomic E-state index is 0.0139. The quantitative estimate of drug-likeness (QED) is 0.799. The zero-order valence-corrected chi connectivity index (χ0v) is 7.97. The largest absolute Gasteiger partial charge is 0.504 e. The van der Waals surface area contributed by atoms with Crippen LogP contribution >= 0.6 is 0 Å². The number of alkyl halides is 3. The maximum Gasteiger partial charge on any atom is 0.504 e. The average Bonchev–Trinajstić information content (AvgIpc) is 2.30. The van der Waals surface area contributed by atoms with Gasteiger partial charge in [-0.05, 0) is 25.8 Å². The Morgan fingerprint density at radius 2 is 2.14 bits per heavy atom. The van der Waals surface area contributed by atoms with Crippen molar-refractivity contribution in [2.75, 3.05) is 0 Å². The van der Waals surface area contributed by atoms with Crippen molar-refractivity contribution >= 4 is 0 Å². The Morgan fingerprint density at radius 1 is 1.57 bits per heavy atom. The molecule has 1 unspecified atom stereocenters. The van der Waals surface area contributed by atoms with Gasteiger partial charge in [-0.1, -0.05) is 0 Å². The third-order valence-electron chi connectivity index (χ3n) is 1.80. The molecule has 1 heterocycles. The molecule has 6 heteroatoms. The van der Waals surface area contributed by atoms with Crippen molar-refractivity contribution in [2.45, 2.75) is 32.6 Å². The second-order valence-electron chi connectivity index (χ2n) is 3.33. The zero-order valence-electron chi connectivity index (χ0n) is 7.97. The summed E-state index contributed by atoms with van der Waals surface area (Å²) >= 11 is 0. The molecule has 1 atom stereocenters. The molecule has 0 bridgehead atoms. The smallest absolute Gasteiger partial charge is 0.328 e. The van der Waals surface area contributed by atoms with Crippen LogP contribution in [0, 0.1) is 6.92 Å². The van der Waals surface area contributed by atoms with E-state index in [0.717, 1.165) is 6.20 Å². The van der Waals surface area contributed by atoms with E-state index >= 15 is 0 Å². The molecule has 0 saturated heterocycles. The van der Waals surface area contributed by atoms with Crippen molar-refractivity contribution < 1.29 is 13.2 Å². The van der Waals surface area contributed by atoms with Gasteiger partial charge in [0, 0.05) is 12.2 Å². The third kappa shape index (κ3) is 2.47. The van der Waals surface area contributed by atoms with Crippen LogP contribution in [0.2, 0.25) is 0 Å². The molecule has 0 radical (unpaired) electrons. The van der Waals surface area contributed by atoms with Gasteiger partial charge < -0.3 is 5.73 Å². The summed E-state index contributed by atoms with van der Waals surface area (Å²) in [6, 6.07) is -0.167. The van der Waals surface area contributed by atoms with E-state index in [4.69, 9.17) is 5.73 Å². The topological polar surface area (TPSA) is 43.8 Å². The van der Waals surface area contributed by atoms with Crippen molar-refractivity contribution in [1.82, 2.24) is 9.78 Å². The van der Waals surface area contributed by atoms with Crippen molar-refractivity contribution in [3.63, 3.8) is 0 Å². The van der Waals surface area contributed by atoms with E-state index < -0.39 is 6.30 Å².